The molecule has 0 aliphatic rings. The zero-order valence-electron chi connectivity index (χ0n) is 12.6. The lowest BCUT2D eigenvalue weighted by Crippen LogP contribution is -2.09. The minimum atomic E-state index is -1.07. The molecule has 0 saturated heterocycles. The van der Waals surface area contributed by atoms with Crippen LogP contribution in [0.25, 0.3) is 0 Å². The normalized spacial score (nSPS) is 12.4. The van der Waals surface area contributed by atoms with Crippen molar-refractivity contribution in [3.8, 4) is 0 Å². The third kappa shape index (κ3) is 3.75. The summed E-state index contributed by atoms with van der Waals surface area (Å²) >= 11 is 5.87. The summed E-state index contributed by atoms with van der Waals surface area (Å²) in [6.07, 6.45) is 1.50. The van der Waals surface area contributed by atoms with Gasteiger partial charge in [0.2, 0.25) is 0 Å². The first-order valence-corrected chi connectivity index (χ1v) is 8.33. The molecule has 7 heteroatoms. The molecule has 1 heterocycles. The number of rotatable bonds is 5. The topological polar surface area (TPSA) is 61.2 Å². The van der Waals surface area contributed by atoms with Crippen LogP contribution in [-0.2, 0) is 29.2 Å². The van der Waals surface area contributed by atoms with Crippen molar-refractivity contribution in [1.82, 2.24) is 9.55 Å². The summed E-state index contributed by atoms with van der Waals surface area (Å²) in [5.41, 5.74) is 0.407. The van der Waals surface area contributed by atoms with Gasteiger partial charge in [0.1, 0.15) is 17.6 Å². The average Bonchev–Trinajstić information content (AvgIpc) is 2.83. The van der Waals surface area contributed by atoms with Crippen molar-refractivity contribution >= 4 is 28.4 Å². The van der Waals surface area contributed by atoms with E-state index in [1.807, 2.05) is 13.8 Å². The van der Waals surface area contributed by atoms with E-state index in [1.165, 1.54) is 6.20 Å². The number of ether oxygens (including phenoxy) is 1. The third-order valence-corrected chi connectivity index (χ3v) is 5.05. The van der Waals surface area contributed by atoms with Crippen molar-refractivity contribution in [2.75, 3.05) is 0 Å². The number of esters is 1. The Morgan fingerprint density at radius 3 is 2.50 bits per heavy atom. The highest BCUT2D eigenvalue weighted by Gasteiger charge is 2.13. The molecule has 0 saturated carbocycles. The Balaban J connectivity index is 2.01. The lowest BCUT2D eigenvalue weighted by molar-refractivity contribution is 0.0459. The molecular formula is C15H17ClN2O3S. The molecule has 0 N–H and O–H groups in total. The molecule has 2 aromatic rings. The van der Waals surface area contributed by atoms with Crippen molar-refractivity contribution in [2.24, 2.45) is 7.05 Å². The highest BCUT2D eigenvalue weighted by molar-refractivity contribution is 7.85. The summed E-state index contributed by atoms with van der Waals surface area (Å²) in [4.78, 5) is 16.7. The molecule has 0 radical (unpaired) electrons. The van der Waals surface area contributed by atoms with E-state index < -0.39 is 16.8 Å². The Morgan fingerprint density at radius 2 is 2.00 bits per heavy atom. The Bertz CT molecular complexity index is 695. The van der Waals surface area contributed by atoms with Crippen molar-refractivity contribution in [1.29, 1.82) is 0 Å². The molecule has 0 aliphatic heterocycles. The molecule has 22 heavy (non-hydrogen) atoms. The van der Waals surface area contributed by atoms with E-state index in [1.54, 1.807) is 35.9 Å². The Labute approximate surface area is 136 Å². The number of nitrogens with zero attached hydrogens (tertiary/aromatic N) is 2. The molecule has 0 unspecified atom stereocenters. The van der Waals surface area contributed by atoms with Crippen LogP contribution in [0.15, 0.2) is 35.4 Å². The fraction of sp³-hybridized carbons (Fsp3) is 0.333. The number of benzene rings is 1. The largest absolute Gasteiger partial charge is 0.454 e. The van der Waals surface area contributed by atoms with Gasteiger partial charge >= 0.3 is 5.97 Å². The van der Waals surface area contributed by atoms with E-state index in [0.717, 1.165) is 0 Å². The maximum atomic E-state index is 12.0. The second-order valence-electron chi connectivity index (χ2n) is 5.00. The van der Waals surface area contributed by atoms with E-state index in [9.17, 15) is 9.00 Å². The van der Waals surface area contributed by atoms with E-state index in [-0.39, 0.29) is 11.9 Å². The lowest BCUT2D eigenvalue weighted by Gasteiger charge is -2.07. The van der Waals surface area contributed by atoms with Crippen LogP contribution in [0.1, 0.15) is 30.0 Å². The number of aromatic nitrogens is 2. The monoisotopic (exact) mass is 340 g/mol. The van der Waals surface area contributed by atoms with Crippen LogP contribution in [0.2, 0.25) is 5.15 Å². The summed E-state index contributed by atoms with van der Waals surface area (Å²) < 4.78 is 18.8. The molecule has 1 aromatic carbocycles. The maximum absolute atomic E-state index is 12.0. The lowest BCUT2D eigenvalue weighted by atomic mass is 10.2. The SMILES string of the molecule is CC(C)[S@](=O)c1ccc(C(=O)OCc2ncc(Cl)n2C)cc1. The van der Waals surface area contributed by atoms with Crippen LogP contribution >= 0.6 is 11.6 Å². The van der Waals surface area contributed by atoms with Crippen LogP contribution in [0.5, 0.6) is 0 Å². The number of carbonyl (C=O) groups is 1. The molecule has 0 amide bonds. The van der Waals surface area contributed by atoms with E-state index in [0.29, 0.717) is 21.4 Å². The van der Waals surface area contributed by atoms with E-state index >= 15 is 0 Å². The van der Waals surface area contributed by atoms with Crippen molar-refractivity contribution in [3.05, 3.63) is 47.0 Å². The molecule has 0 bridgehead atoms. The van der Waals surface area contributed by atoms with E-state index in [4.69, 9.17) is 16.3 Å². The van der Waals surface area contributed by atoms with Crippen LogP contribution in [0.3, 0.4) is 0 Å². The quantitative estimate of drug-likeness (QED) is 0.785. The highest BCUT2D eigenvalue weighted by atomic mass is 35.5. The van der Waals surface area contributed by atoms with Crippen molar-refractivity contribution in [2.45, 2.75) is 30.6 Å². The number of hydrogen-bond donors (Lipinski definition) is 0. The van der Waals surface area contributed by atoms with Gasteiger partial charge in [-0.25, -0.2) is 9.78 Å². The molecule has 118 valence electrons. The van der Waals surface area contributed by atoms with Gasteiger partial charge in [0.25, 0.3) is 0 Å². The van der Waals surface area contributed by atoms with Gasteiger partial charge in [0.05, 0.1) is 22.6 Å². The van der Waals surface area contributed by atoms with Crippen LogP contribution in [0.4, 0.5) is 0 Å². The predicted octanol–water partition coefficient (Wildman–Crippen LogP) is 2.95. The predicted molar refractivity (Wildman–Crippen MR) is 85.3 cm³/mol. The molecule has 0 fully saturated rings. The number of hydrogen-bond acceptors (Lipinski definition) is 4. The molecule has 1 atom stereocenters. The Morgan fingerprint density at radius 1 is 1.36 bits per heavy atom. The van der Waals surface area contributed by atoms with Crippen LogP contribution < -0.4 is 0 Å². The first-order chi connectivity index (χ1) is 10.4. The number of imidazole rings is 1. The molecule has 5 nitrogen and oxygen atoms in total. The van der Waals surface area contributed by atoms with Gasteiger partial charge in [0.15, 0.2) is 0 Å². The van der Waals surface area contributed by atoms with Crippen molar-refractivity contribution < 1.29 is 13.7 Å². The first-order valence-electron chi connectivity index (χ1n) is 6.74. The van der Waals surface area contributed by atoms with E-state index in [2.05, 4.69) is 4.98 Å². The molecule has 2 rings (SSSR count). The zero-order valence-corrected chi connectivity index (χ0v) is 14.1. The molecule has 0 spiro atoms. The Hall–Kier alpha value is -1.66. The van der Waals surface area contributed by atoms with Crippen LogP contribution in [0, 0.1) is 0 Å². The second-order valence-corrected chi connectivity index (χ2v) is 7.40. The van der Waals surface area contributed by atoms with Gasteiger partial charge in [0, 0.05) is 17.2 Å². The first kappa shape index (κ1) is 16.7. The molecular weight excluding hydrogens is 324 g/mol. The molecule has 1 aromatic heterocycles. The third-order valence-electron chi connectivity index (χ3n) is 3.11. The zero-order chi connectivity index (χ0) is 16.3. The fourth-order valence-corrected chi connectivity index (χ4v) is 2.86. The summed E-state index contributed by atoms with van der Waals surface area (Å²) in [6.45, 7) is 3.81. The minimum absolute atomic E-state index is 0.0333. The standard InChI is InChI=1S/C15H17ClN2O3S/c1-10(2)22(20)12-6-4-11(5-7-12)15(19)21-9-14-17-8-13(16)18(14)3/h4-8,10H,9H2,1-3H3/t22-/m0/s1. The minimum Gasteiger partial charge on any atom is -0.454 e. The van der Waals surface area contributed by atoms with Gasteiger partial charge in [-0.3, -0.25) is 4.21 Å². The summed E-state index contributed by atoms with van der Waals surface area (Å²) in [5.74, 6) is 0.108. The van der Waals surface area contributed by atoms with Gasteiger partial charge in [-0.05, 0) is 24.3 Å². The van der Waals surface area contributed by atoms with Crippen LogP contribution in [-0.4, -0.2) is 25.0 Å². The smallest absolute Gasteiger partial charge is 0.338 e. The number of carbonyl (C=O) groups excluding carboxylic acids is 1. The van der Waals surface area contributed by atoms with Gasteiger partial charge in [-0.2, -0.15) is 0 Å². The second kappa shape index (κ2) is 7.07. The van der Waals surface area contributed by atoms with Gasteiger partial charge in [-0.1, -0.05) is 25.4 Å². The average molecular weight is 341 g/mol. The van der Waals surface area contributed by atoms with Gasteiger partial charge in [-0.15, -0.1) is 0 Å². The van der Waals surface area contributed by atoms with Crippen molar-refractivity contribution in [3.63, 3.8) is 0 Å². The summed E-state index contributed by atoms with van der Waals surface area (Å²) in [6, 6.07) is 6.60. The summed E-state index contributed by atoms with van der Waals surface area (Å²) in [5, 5.41) is 0.512. The fourth-order valence-electron chi connectivity index (χ4n) is 1.77. The Kier molecular flexibility index (Phi) is 5.37. The summed E-state index contributed by atoms with van der Waals surface area (Å²) in [7, 11) is 0.674. The maximum Gasteiger partial charge on any atom is 0.338 e. The number of halogens is 1. The molecule has 0 aliphatic carbocycles. The highest BCUT2D eigenvalue weighted by Crippen LogP contribution is 2.14. The van der Waals surface area contributed by atoms with Gasteiger partial charge < -0.3 is 9.30 Å².